The van der Waals surface area contributed by atoms with E-state index in [2.05, 4.69) is 21.2 Å². The van der Waals surface area contributed by atoms with Crippen LogP contribution in [-0.4, -0.2) is 50.0 Å². The van der Waals surface area contributed by atoms with E-state index in [0.717, 1.165) is 36.2 Å². The molecule has 0 saturated heterocycles. The minimum Gasteiger partial charge on any atom is -0.352 e. The average Bonchev–Trinajstić information content (AvgIpc) is 3.31. The van der Waals surface area contributed by atoms with E-state index in [-0.39, 0.29) is 18.5 Å². The van der Waals surface area contributed by atoms with Crippen LogP contribution < -0.4 is 9.62 Å². The Morgan fingerprint density at radius 3 is 2.34 bits per heavy atom. The van der Waals surface area contributed by atoms with Gasteiger partial charge in [0.15, 0.2) is 0 Å². The first-order chi connectivity index (χ1) is 16.6. The van der Waals surface area contributed by atoms with Crippen molar-refractivity contribution in [1.29, 1.82) is 0 Å². The Balaban J connectivity index is 1.94. The molecule has 35 heavy (non-hydrogen) atoms. The van der Waals surface area contributed by atoms with Gasteiger partial charge in [0.2, 0.25) is 21.8 Å². The van der Waals surface area contributed by atoms with Crippen LogP contribution in [-0.2, 0) is 26.2 Å². The molecule has 1 aliphatic carbocycles. The molecular weight excluding hydrogens is 554 g/mol. The lowest BCUT2D eigenvalue weighted by molar-refractivity contribution is -0.140. The Labute approximate surface area is 221 Å². The first-order valence-corrected chi connectivity index (χ1v) is 14.7. The highest BCUT2D eigenvalue weighted by Gasteiger charge is 2.33. The van der Waals surface area contributed by atoms with E-state index in [1.54, 1.807) is 42.5 Å². The van der Waals surface area contributed by atoms with Gasteiger partial charge in [-0.1, -0.05) is 61.7 Å². The molecule has 0 unspecified atom stereocenters. The van der Waals surface area contributed by atoms with Crippen LogP contribution in [0.4, 0.5) is 5.69 Å². The van der Waals surface area contributed by atoms with Gasteiger partial charge in [-0.15, -0.1) is 0 Å². The second kappa shape index (κ2) is 12.2. The summed E-state index contributed by atoms with van der Waals surface area (Å²) in [6.07, 6.45) is 5.42. The molecule has 2 aromatic rings. The summed E-state index contributed by atoms with van der Waals surface area (Å²) < 4.78 is 27.0. The predicted molar refractivity (Wildman–Crippen MR) is 143 cm³/mol. The lowest BCUT2D eigenvalue weighted by atomic mass is 10.1. The van der Waals surface area contributed by atoms with Gasteiger partial charge in [0.1, 0.15) is 12.6 Å². The summed E-state index contributed by atoms with van der Waals surface area (Å²) in [6.45, 7) is 1.48. The molecule has 2 aromatic carbocycles. The van der Waals surface area contributed by atoms with Crippen LogP contribution in [0.15, 0.2) is 53.0 Å². The van der Waals surface area contributed by atoms with Crippen LogP contribution in [0.25, 0.3) is 0 Å². The SMILES string of the molecule is CC[C@H](C(=O)NC1CCCC1)N(Cc1ccccc1Cl)C(=O)CN(c1ccccc1Br)S(C)(=O)=O. The number of anilines is 1. The summed E-state index contributed by atoms with van der Waals surface area (Å²) in [4.78, 5) is 28.4. The van der Waals surface area contributed by atoms with Gasteiger partial charge in [0.05, 0.1) is 11.9 Å². The lowest BCUT2D eigenvalue weighted by Gasteiger charge is -2.33. The van der Waals surface area contributed by atoms with Crippen molar-refractivity contribution in [2.45, 2.75) is 57.7 Å². The molecule has 1 N–H and O–H groups in total. The number of para-hydroxylation sites is 1. The molecule has 0 aromatic heterocycles. The number of nitrogens with one attached hydrogen (secondary N) is 1. The molecule has 1 fully saturated rings. The average molecular weight is 585 g/mol. The van der Waals surface area contributed by atoms with E-state index in [0.29, 0.717) is 27.2 Å². The highest BCUT2D eigenvalue weighted by Crippen LogP contribution is 2.28. The molecule has 0 aliphatic heterocycles. The number of hydrogen-bond donors (Lipinski definition) is 1. The molecule has 0 spiro atoms. The molecule has 0 radical (unpaired) electrons. The van der Waals surface area contributed by atoms with Crippen LogP contribution in [0.1, 0.15) is 44.6 Å². The summed E-state index contributed by atoms with van der Waals surface area (Å²) in [7, 11) is -3.79. The maximum absolute atomic E-state index is 13.7. The van der Waals surface area contributed by atoms with Crippen molar-refractivity contribution in [1.82, 2.24) is 10.2 Å². The molecular formula is C25H31BrClN3O4S. The third kappa shape index (κ3) is 7.21. The third-order valence-corrected chi connectivity index (χ3v) is 8.35. The Bertz CT molecular complexity index is 1150. The molecule has 3 rings (SSSR count). The van der Waals surface area contributed by atoms with Gasteiger partial charge >= 0.3 is 0 Å². The van der Waals surface area contributed by atoms with E-state index >= 15 is 0 Å². The summed E-state index contributed by atoms with van der Waals surface area (Å²) in [5.41, 5.74) is 1.03. The maximum atomic E-state index is 13.7. The Kier molecular flexibility index (Phi) is 9.61. The number of halogens is 2. The van der Waals surface area contributed by atoms with E-state index in [1.807, 2.05) is 13.0 Å². The smallest absolute Gasteiger partial charge is 0.244 e. The van der Waals surface area contributed by atoms with Crippen LogP contribution in [0, 0.1) is 0 Å². The Morgan fingerprint density at radius 1 is 1.11 bits per heavy atom. The van der Waals surface area contributed by atoms with Crippen molar-refractivity contribution in [3.8, 4) is 0 Å². The normalized spacial score (nSPS) is 15.0. The van der Waals surface area contributed by atoms with Crippen LogP contribution in [0.3, 0.4) is 0 Å². The van der Waals surface area contributed by atoms with Crippen molar-refractivity contribution >= 4 is 55.1 Å². The number of sulfonamides is 1. The highest BCUT2D eigenvalue weighted by molar-refractivity contribution is 9.10. The van der Waals surface area contributed by atoms with Crippen molar-refractivity contribution < 1.29 is 18.0 Å². The Morgan fingerprint density at radius 2 is 1.74 bits per heavy atom. The highest BCUT2D eigenvalue weighted by atomic mass is 79.9. The van der Waals surface area contributed by atoms with Crippen molar-refractivity contribution in [3.63, 3.8) is 0 Å². The van der Waals surface area contributed by atoms with Gasteiger partial charge in [-0.3, -0.25) is 13.9 Å². The summed E-state index contributed by atoms with van der Waals surface area (Å²) >= 11 is 9.76. The maximum Gasteiger partial charge on any atom is 0.244 e. The third-order valence-electron chi connectivity index (χ3n) is 6.19. The minimum absolute atomic E-state index is 0.0860. The number of benzene rings is 2. The largest absolute Gasteiger partial charge is 0.352 e. The number of nitrogens with zero attached hydrogens (tertiary/aromatic N) is 2. The molecule has 7 nitrogen and oxygen atoms in total. The molecule has 0 bridgehead atoms. The van der Waals surface area contributed by atoms with Crippen LogP contribution in [0.5, 0.6) is 0 Å². The second-order valence-electron chi connectivity index (χ2n) is 8.75. The second-order valence-corrected chi connectivity index (χ2v) is 11.9. The molecule has 0 heterocycles. The first-order valence-electron chi connectivity index (χ1n) is 11.7. The standard InChI is InChI=1S/C25H31BrClN3O4S/c1-3-22(25(32)28-19-11-5-6-12-19)29(16-18-10-4-8-14-21(18)27)24(31)17-30(35(2,33)34)23-15-9-7-13-20(23)26/h4,7-10,13-15,19,22H,3,5-6,11-12,16-17H2,1-2H3,(H,28,32)/t22-/m1/s1. The van der Waals surface area contributed by atoms with Gasteiger partial charge in [0.25, 0.3) is 0 Å². The van der Waals surface area contributed by atoms with Crippen LogP contribution in [0.2, 0.25) is 5.02 Å². The van der Waals surface area contributed by atoms with Gasteiger partial charge < -0.3 is 10.2 Å². The van der Waals surface area contributed by atoms with Crippen molar-refractivity contribution in [2.24, 2.45) is 0 Å². The fraction of sp³-hybridized carbons (Fsp3) is 0.440. The van der Waals surface area contributed by atoms with Crippen LogP contribution >= 0.6 is 27.5 Å². The summed E-state index contributed by atoms with van der Waals surface area (Å²) in [6, 6.07) is 13.3. The number of rotatable bonds is 10. The fourth-order valence-corrected chi connectivity index (χ4v) is 6.02. The first kappa shape index (κ1) is 27.5. The lowest BCUT2D eigenvalue weighted by Crippen LogP contribution is -2.53. The molecule has 10 heteroatoms. The zero-order valence-corrected chi connectivity index (χ0v) is 23.1. The quantitative estimate of drug-likeness (QED) is 0.437. The van der Waals surface area contributed by atoms with Crippen molar-refractivity contribution in [3.05, 3.63) is 63.6 Å². The zero-order valence-electron chi connectivity index (χ0n) is 19.9. The number of carbonyl (C=O) groups is 2. The molecule has 190 valence electrons. The van der Waals surface area contributed by atoms with E-state index < -0.39 is 28.5 Å². The molecule has 1 saturated carbocycles. The Hall–Kier alpha value is -2.10. The summed E-state index contributed by atoms with van der Waals surface area (Å²) in [5.74, 6) is -0.717. The number of hydrogen-bond acceptors (Lipinski definition) is 4. The molecule has 2 amide bonds. The van der Waals surface area contributed by atoms with Gasteiger partial charge in [0, 0.05) is 22.1 Å². The summed E-state index contributed by atoms with van der Waals surface area (Å²) in [5, 5.41) is 3.56. The van der Waals surface area contributed by atoms with Gasteiger partial charge in [-0.25, -0.2) is 8.42 Å². The zero-order chi connectivity index (χ0) is 25.6. The van der Waals surface area contributed by atoms with Crippen molar-refractivity contribution in [2.75, 3.05) is 17.1 Å². The van der Waals surface area contributed by atoms with Gasteiger partial charge in [-0.2, -0.15) is 0 Å². The number of carbonyl (C=O) groups excluding carboxylic acids is 2. The fourth-order valence-electron chi connectivity index (χ4n) is 4.35. The number of amides is 2. The monoisotopic (exact) mass is 583 g/mol. The topological polar surface area (TPSA) is 86.8 Å². The minimum atomic E-state index is -3.79. The van der Waals surface area contributed by atoms with E-state index in [4.69, 9.17) is 11.6 Å². The van der Waals surface area contributed by atoms with E-state index in [9.17, 15) is 18.0 Å². The van der Waals surface area contributed by atoms with Gasteiger partial charge in [-0.05, 0) is 59.0 Å². The molecule has 1 aliphatic rings. The molecule has 1 atom stereocenters. The predicted octanol–water partition coefficient (Wildman–Crippen LogP) is 4.73. The van der Waals surface area contributed by atoms with E-state index in [1.165, 1.54) is 4.90 Å².